The van der Waals surface area contributed by atoms with Crippen LogP contribution in [0.25, 0.3) is 0 Å². The maximum absolute atomic E-state index is 12.6. The molecular weight excluding hydrogens is 319 g/mol. The van der Waals surface area contributed by atoms with Gasteiger partial charge in [-0.2, -0.15) is 13.2 Å². The maximum atomic E-state index is 12.6. The highest BCUT2D eigenvalue weighted by molar-refractivity contribution is 7.97. The number of hydrogen-bond donors (Lipinski definition) is 1. The fourth-order valence-electron chi connectivity index (χ4n) is 2.66. The van der Waals surface area contributed by atoms with Gasteiger partial charge >= 0.3 is 6.18 Å². The number of alkyl halides is 3. The van der Waals surface area contributed by atoms with Gasteiger partial charge in [0.1, 0.15) is 0 Å². The fraction of sp³-hybridized carbons (Fsp3) is 0.533. The van der Waals surface area contributed by atoms with E-state index < -0.39 is 12.1 Å². The van der Waals surface area contributed by atoms with Crippen LogP contribution in [0.5, 0.6) is 0 Å². The molecular formula is C15H17ClF3NS. The second kappa shape index (κ2) is 7.05. The van der Waals surface area contributed by atoms with Crippen molar-refractivity contribution in [2.75, 3.05) is 0 Å². The molecule has 0 spiro atoms. The van der Waals surface area contributed by atoms with E-state index in [4.69, 9.17) is 11.6 Å². The summed E-state index contributed by atoms with van der Waals surface area (Å²) in [6.07, 6.45) is -1.80. The van der Waals surface area contributed by atoms with Crippen LogP contribution in [0.4, 0.5) is 18.9 Å². The summed E-state index contributed by atoms with van der Waals surface area (Å²) < 4.78 is 37.8. The molecule has 0 atom stereocenters. The zero-order chi connectivity index (χ0) is 15.5. The van der Waals surface area contributed by atoms with Gasteiger partial charge in [0.2, 0.25) is 0 Å². The van der Waals surface area contributed by atoms with E-state index in [-0.39, 0.29) is 18.8 Å². The monoisotopic (exact) mass is 335 g/mol. The molecule has 0 saturated heterocycles. The van der Waals surface area contributed by atoms with Crippen LogP contribution in [0.1, 0.15) is 32.1 Å². The standard InChI is InChI=1S/C15H17ClF3NS/c16-12-5-7-13(8-6-12)20-14(21)9-10-1-3-11(4-2-10)15(17,18)19/h5-8,10-11H,1-4,9H2,(H,20,21)/t10-,11+. The van der Waals surface area contributed by atoms with Gasteiger partial charge in [-0.1, -0.05) is 11.6 Å². The van der Waals surface area contributed by atoms with Crippen molar-refractivity contribution in [1.29, 1.82) is 0 Å². The number of benzene rings is 1. The van der Waals surface area contributed by atoms with Crippen molar-refractivity contribution in [2.24, 2.45) is 16.8 Å². The number of hydrogen-bond acceptors (Lipinski definition) is 1. The van der Waals surface area contributed by atoms with Crippen molar-refractivity contribution >= 4 is 35.0 Å². The van der Waals surface area contributed by atoms with Gasteiger partial charge in [0, 0.05) is 5.02 Å². The van der Waals surface area contributed by atoms with Crippen LogP contribution in [-0.4, -0.2) is 11.2 Å². The molecule has 0 aliphatic heterocycles. The lowest BCUT2D eigenvalue weighted by Gasteiger charge is -2.29. The van der Waals surface area contributed by atoms with Crippen LogP contribution in [0.2, 0.25) is 5.02 Å². The fourth-order valence-corrected chi connectivity index (χ4v) is 3.16. The molecule has 0 amide bonds. The first-order chi connectivity index (χ1) is 9.84. The predicted octanol–water partition coefficient (Wildman–Crippen LogP) is 6.06. The third-order valence-corrected chi connectivity index (χ3v) is 4.40. The lowest BCUT2D eigenvalue weighted by Crippen LogP contribution is -2.28. The van der Waals surface area contributed by atoms with E-state index in [0.29, 0.717) is 29.3 Å². The van der Waals surface area contributed by atoms with Gasteiger partial charge in [-0.05, 0) is 62.3 Å². The highest BCUT2D eigenvalue weighted by Crippen LogP contribution is 2.40. The molecule has 0 heterocycles. The van der Waals surface area contributed by atoms with Crippen LogP contribution >= 0.6 is 24.2 Å². The Morgan fingerprint density at radius 2 is 1.71 bits per heavy atom. The summed E-state index contributed by atoms with van der Waals surface area (Å²) in [6, 6.07) is 7.07. The molecule has 2 rings (SSSR count). The summed E-state index contributed by atoms with van der Waals surface area (Å²) in [7, 11) is 0. The summed E-state index contributed by atoms with van der Waals surface area (Å²) in [5.41, 5.74) is 0.758. The number of thiol groups is 1. The highest BCUT2D eigenvalue weighted by atomic mass is 35.5. The van der Waals surface area contributed by atoms with E-state index in [2.05, 4.69) is 17.6 Å². The van der Waals surface area contributed by atoms with Crippen molar-refractivity contribution in [2.45, 2.75) is 38.3 Å². The van der Waals surface area contributed by atoms with E-state index in [1.807, 2.05) is 0 Å². The van der Waals surface area contributed by atoms with Crippen molar-refractivity contribution in [1.82, 2.24) is 0 Å². The molecule has 1 aliphatic carbocycles. The molecule has 1 nitrogen and oxygen atoms in total. The minimum absolute atomic E-state index is 0.218. The smallest absolute Gasteiger partial charge is 0.247 e. The Kier molecular flexibility index (Phi) is 5.60. The van der Waals surface area contributed by atoms with Gasteiger partial charge in [-0.25, -0.2) is 4.99 Å². The van der Waals surface area contributed by atoms with Crippen LogP contribution in [0.15, 0.2) is 29.3 Å². The van der Waals surface area contributed by atoms with Crippen molar-refractivity contribution in [3.63, 3.8) is 0 Å². The molecule has 0 unspecified atom stereocenters. The normalized spacial score (nSPS) is 24.1. The average molecular weight is 336 g/mol. The third kappa shape index (κ3) is 5.22. The van der Waals surface area contributed by atoms with Crippen LogP contribution in [-0.2, 0) is 0 Å². The van der Waals surface area contributed by atoms with Crippen LogP contribution < -0.4 is 0 Å². The second-order valence-corrected chi connectivity index (χ2v) is 6.42. The molecule has 116 valence electrons. The van der Waals surface area contributed by atoms with Gasteiger partial charge in [0.15, 0.2) is 0 Å². The van der Waals surface area contributed by atoms with Gasteiger partial charge in [0.25, 0.3) is 0 Å². The quantitative estimate of drug-likeness (QED) is 0.391. The molecule has 1 aromatic rings. The predicted molar refractivity (Wildman–Crippen MR) is 83.7 cm³/mol. The van der Waals surface area contributed by atoms with Crippen LogP contribution in [0.3, 0.4) is 0 Å². The molecule has 0 N–H and O–H groups in total. The topological polar surface area (TPSA) is 12.4 Å². The van der Waals surface area contributed by atoms with Gasteiger partial charge in [-0.3, -0.25) is 0 Å². The molecule has 1 fully saturated rings. The largest absolute Gasteiger partial charge is 0.391 e. The Hall–Kier alpha value is -0.680. The first-order valence-corrected chi connectivity index (χ1v) is 7.76. The van der Waals surface area contributed by atoms with E-state index in [1.165, 1.54) is 0 Å². The SMILES string of the molecule is FC(F)(F)[C@H]1CC[C@@H](CC(S)=Nc2ccc(Cl)cc2)CC1. The molecule has 6 heteroatoms. The van der Waals surface area contributed by atoms with E-state index >= 15 is 0 Å². The molecule has 0 radical (unpaired) electrons. The molecule has 0 bridgehead atoms. The first-order valence-electron chi connectivity index (χ1n) is 6.93. The molecule has 1 aliphatic rings. The van der Waals surface area contributed by atoms with Crippen molar-refractivity contribution in [3.8, 4) is 0 Å². The molecule has 1 saturated carbocycles. The lowest BCUT2D eigenvalue weighted by atomic mass is 9.80. The Morgan fingerprint density at radius 1 is 1.14 bits per heavy atom. The highest BCUT2D eigenvalue weighted by Gasteiger charge is 2.41. The van der Waals surface area contributed by atoms with E-state index in [9.17, 15) is 13.2 Å². The minimum Gasteiger partial charge on any atom is -0.247 e. The number of halogens is 4. The van der Waals surface area contributed by atoms with Gasteiger partial charge < -0.3 is 0 Å². The second-order valence-electron chi connectivity index (χ2n) is 5.47. The van der Waals surface area contributed by atoms with Gasteiger partial charge in [0.05, 0.1) is 16.6 Å². The van der Waals surface area contributed by atoms with Crippen LogP contribution in [0, 0.1) is 11.8 Å². The summed E-state index contributed by atoms with van der Waals surface area (Å²) in [4.78, 5) is 4.36. The molecule has 0 aromatic heterocycles. The number of rotatable bonds is 3. The maximum Gasteiger partial charge on any atom is 0.391 e. The van der Waals surface area contributed by atoms with Gasteiger partial charge in [-0.15, -0.1) is 12.6 Å². The minimum atomic E-state index is -4.05. The lowest BCUT2D eigenvalue weighted by molar-refractivity contribution is -0.183. The van der Waals surface area contributed by atoms with E-state index in [0.717, 1.165) is 5.69 Å². The zero-order valence-corrected chi connectivity index (χ0v) is 13.1. The van der Waals surface area contributed by atoms with Crippen molar-refractivity contribution < 1.29 is 13.2 Å². The third-order valence-electron chi connectivity index (χ3n) is 3.87. The Bertz CT molecular complexity index is 491. The Balaban J connectivity index is 1.87. The zero-order valence-electron chi connectivity index (χ0n) is 11.4. The summed E-state index contributed by atoms with van der Waals surface area (Å²) >= 11 is 10.1. The Labute approximate surface area is 133 Å². The van der Waals surface area contributed by atoms with E-state index in [1.54, 1.807) is 24.3 Å². The number of nitrogens with zero attached hydrogens (tertiary/aromatic N) is 1. The summed E-state index contributed by atoms with van der Waals surface area (Å²) in [6.45, 7) is 0. The Morgan fingerprint density at radius 3 is 2.24 bits per heavy atom. The van der Waals surface area contributed by atoms with Crippen molar-refractivity contribution in [3.05, 3.63) is 29.3 Å². The number of aliphatic imine (C=N–C) groups is 1. The molecule has 1 aromatic carbocycles. The first kappa shape index (κ1) is 16.7. The molecule has 21 heavy (non-hydrogen) atoms. The average Bonchev–Trinajstić information content (AvgIpc) is 2.41. The summed E-state index contributed by atoms with van der Waals surface area (Å²) in [5, 5.41) is 1.30. The summed E-state index contributed by atoms with van der Waals surface area (Å²) in [5.74, 6) is -0.891.